The van der Waals surface area contributed by atoms with Crippen molar-refractivity contribution in [3.8, 4) is 0 Å². The third-order valence-electron chi connectivity index (χ3n) is 1.88. The average molecular weight is 319 g/mol. The zero-order valence-corrected chi connectivity index (χ0v) is 14.2. The molecule has 0 radical (unpaired) electrons. The standard InChI is InChI=1S/C9H23NO5P2S/c1-6-12-16(11,13-7-2)10(5)17(18,14-8-3)15-9-4/h6-9H2,1-5H3. The Morgan fingerprint density at radius 1 is 0.889 bits per heavy atom. The molecule has 0 aliphatic rings. The van der Waals surface area contributed by atoms with E-state index in [1.165, 1.54) is 4.44 Å². The molecule has 0 bridgehead atoms. The Hall–Kier alpha value is 0.680. The van der Waals surface area contributed by atoms with E-state index in [1.807, 2.05) is 0 Å². The maximum atomic E-state index is 12.6. The summed E-state index contributed by atoms with van der Waals surface area (Å²) in [6, 6.07) is 0. The summed E-state index contributed by atoms with van der Waals surface area (Å²) >= 11 is 5.36. The molecule has 0 aliphatic heterocycles. The van der Waals surface area contributed by atoms with Crippen LogP contribution in [0.1, 0.15) is 27.7 Å². The number of hydrogen-bond donors (Lipinski definition) is 0. The molecule has 6 nitrogen and oxygen atoms in total. The summed E-state index contributed by atoms with van der Waals surface area (Å²) in [5, 5.41) is 0. The maximum Gasteiger partial charge on any atom is 0.415 e. The summed E-state index contributed by atoms with van der Waals surface area (Å²) in [7, 11) is -1.91. The molecular formula is C9H23NO5P2S. The van der Waals surface area contributed by atoms with Crippen molar-refractivity contribution in [1.82, 2.24) is 4.44 Å². The van der Waals surface area contributed by atoms with E-state index in [1.54, 1.807) is 34.7 Å². The highest BCUT2D eigenvalue weighted by molar-refractivity contribution is 8.10. The van der Waals surface area contributed by atoms with Crippen LogP contribution in [0.15, 0.2) is 0 Å². The summed E-state index contributed by atoms with van der Waals surface area (Å²) in [6.45, 7) is 5.52. The van der Waals surface area contributed by atoms with E-state index in [2.05, 4.69) is 0 Å². The van der Waals surface area contributed by atoms with Crippen molar-refractivity contribution < 1.29 is 22.7 Å². The lowest BCUT2D eigenvalue weighted by atomic mass is 10.9. The van der Waals surface area contributed by atoms with Gasteiger partial charge < -0.3 is 9.05 Å². The molecule has 110 valence electrons. The predicted molar refractivity (Wildman–Crippen MR) is 76.2 cm³/mol. The molecule has 0 rings (SSSR count). The molecule has 0 aromatic heterocycles. The van der Waals surface area contributed by atoms with Gasteiger partial charge in [-0.15, -0.1) is 4.44 Å². The SMILES string of the molecule is CCOP(=O)(OCC)N(C)P(=S)(OCC)OCC. The van der Waals surface area contributed by atoms with Gasteiger partial charge in [-0.1, -0.05) is 0 Å². The Balaban J connectivity index is 5.18. The lowest BCUT2D eigenvalue weighted by Crippen LogP contribution is -2.19. The van der Waals surface area contributed by atoms with Gasteiger partial charge in [0.15, 0.2) is 0 Å². The van der Waals surface area contributed by atoms with Crippen LogP contribution in [0.5, 0.6) is 0 Å². The minimum Gasteiger partial charge on any atom is -0.318 e. The van der Waals surface area contributed by atoms with Crippen LogP contribution in [0, 0.1) is 0 Å². The van der Waals surface area contributed by atoms with Crippen LogP contribution in [0.2, 0.25) is 0 Å². The van der Waals surface area contributed by atoms with E-state index in [0.29, 0.717) is 13.2 Å². The van der Waals surface area contributed by atoms with Crippen molar-refractivity contribution in [3.63, 3.8) is 0 Å². The summed E-state index contributed by atoms with van der Waals surface area (Å²) in [4.78, 5) is 0. The van der Waals surface area contributed by atoms with Crippen LogP contribution in [0.3, 0.4) is 0 Å². The fraction of sp³-hybridized carbons (Fsp3) is 1.00. The Bertz CT molecular complexity index is 278. The van der Waals surface area contributed by atoms with Crippen molar-refractivity contribution in [2.75, 3.05) is 33.5 Å². The van der Waals surface area contributed by atoms with Gasteiger partial charge in [0.25, 0.3) is 6.64 Å². The van der Waals surface area contributed by atoms with Gasteiger partial charge in [-0.25, -0.2) is 4.57 Å². The molecule has 0 aliphatic carbocycles. The fourth-order valence-corrected chi connectivity index (χ4v) is 6.45. The molecule has 0 heterocycles. The highest BCUT2D eigenvalue weighted by Gasteiger charge is 2.41. The monoisotopic (exact) mass is 319 g/mol. The van der Waals surface area contributed by atoms with Crippen molar-refractivity contribution in [2.45, 2.75) is 27.7 Å². The van der Waals surface area contributed by atoms with E-state index < -0.39 is 14.4 Å². The summed E-state index contributed by atoms with van der Waals surface area (Å²) in [6.07, 6.45) is 0. The second-order valence-electron chi connectivity index (χ2n) is 3.10. The molecular weight excluding hydrogens is 296 g/mol. The lowest BCUT2D eigenvalue weighted by molar-refractivity contribution is 0.179. The van der Waals surface area contributed by atoms with Crippen molar-refractivity contribution in [3.05, 3.63) is 0 Å². The Morgan fingerprint density at radius 3 is 1.50 bits per heavy atom. The zero-order valence-electron chi connectivity index (χ0n) is 11.6. The Morgan fingerprint density at radius 2 is 1.22 bits per heavy atom. The summed E-state index contributed by atoms with van der Waals surface area (Å²) in [5.74, 6) is 0. The van der Waals surface area contributed by atoms with E-state index in [4.69, 9.17) is 29.9 Å². The molecule has 9 heteroatoms. The number of nitrogens with zero attached hydrogens (tertiary/aromatic N) is 1. The van der Waals surface area contributed by atoms with Crippen molar-refractivity contribution in [2.24, 2.45) is 0 Å². The van der Waals surface area contributed by atoms with Crippen LogP contribution in [-0.2, 0) is 34.5 Å². The highest BCUT2D eigenvalue weighted by atomic mass is 32.5. The fourth-order valence-electron chi connectivity index (χ4n) is 1.20. The molecule has 0 saturated carbocycles. The molecule has 18 heavy (non-hydrogen) atoms. The highest BCUT2D eigenvalue weighted by Crippen LogP contribution is 2.67. The average Bonchev–Trinajstić information content (AvgIpc) is 2.29. The van der Waals surface area contributed by atoms with E-state index in [-0.39, 0.29) is 13.2 Å². The normalized spacial score (nSPS) is 13.2. The van der Waals surface area contributed by atoms with Crippen LogP contribution < -0.4 is 0 Å². The number of hydrogen-bond acceptors (Lipinski definition) is 6. The van der Waals surface area contributed by atoms with Crippen LogP contribution >= 0.6 is 14.4 Å². The predicted octanol–water partition coefficient (Wildman–Crippen LogP) is 3.40. The van der Waals surface area contributed by atoms with Crippen LogP contribution in [0.25, 0.3) is 0 Å². The van der Waals surface area contributed by atoms with Gasteiger partial charge in [0.05, 0.1) is 26.4 Å². The van der Waals surface area contributed by atoms with E-state index >= 15 is 0 Å². The van der Waals surface area contributed by atoms with E-state index in [0.717, 1.165) is 0 Å². The third-order valence-corrected chi connectivity index (χ3v) is 8.73. The van der Waals surface area contributed by atoms with Gasteiger partial charge in [-0.3, -0.25) is 9.05 Å². The molecule has 0 atom stereocenters. The molecule has 0 saturated heterocycles. The molecule has 0 aromatic rings. The lowest BCUT2D eigenvalue weighted by Gasteiger charge is -2.33. The molecule has 0 fully saturated rings. The first-order valence-electron chi connectivity index (χ1n) is 5.93. The third kappa shape index (κ3) is 4.99. The minimum absolute atomic E-state index is 0.259. The first kappa shape index (κ1) is 18.7. The topological polar surface area (TPSA) is 57.2 Å². The quantitative estimate of drug-likeness (QED) is 0.572. The van der Waals surface area contributed by atoms with Crippen LogP contribution in [0.4, 0.5) is 0 Å². The number of rotatable bonds is 10. The largest absolute Gasteiger partial charge is 0.415 e. The maximum absolute atomic E-state index is 12.6. The van der Waals surface area contributed by atoms with Crippen molar-refractivity contribution >= 4 is 26.2 Å². The van der Waals surface area contributed by atoms with Gasteiger partial charge >= 0.3 is 7.75 Å². The second-order valence-corrected chi connectivity index (χ2v) is 8.90. The van der Waals surface area contributed by atoms with E-state index in [9.17, 15) is 4.57 Å². The van der Waals surface area contributed by atoms with Gasteiger partial charge in [-0.05, 0) is 39.5 Å². The van der Waals surface area contributed by atoms with Gasteiger partial charge in [0, 0.05) is 7.05 Å². The zero-order chi connectivity index (χ0) is 14.2. The van der Waals surface area contributed by atoms with Crippen LogP contribution in [-0.4, -0.2) is 37.9 Å². The Labute approximate surface area is 115 Å². The first-order chi connectivity index (χ1) is 8.40. The molecule has 0 N–H and O–H groups in total. The van der Waals surface area contributed by atoms with Crippen molar-refractivity contribution in [1.29, 1.82) is 0 Å². The molecule has 0 aromatic carbocycles. The second kappa shape index (κ2) is 8.77. The van der Waals surface area contributed by atoms with Gasteiger partial charge in [-0.2, -0.15) is 0 Å². The summed E-state index contributed by atoms with van der Waals surface area (Å²) < 4.78 is 35.3. The summed E-state index contributed by atoms with van der Waals surface area (Å²) in [5.41, 5.74) is 0. The first-order valence-corrected chi connectivity index (χ1v) is 10.0. The minimum atomic E-state index is -3.46. The van der Waals surface area contributed by atoms with Gasteiger partial charge in [0.1, 0.15) is 0 Å². The molecule has 0 spiro atoms. The molecule has 0 amide bonds. The van der Waals surface area contributed by atoms with Gasteiger partial charge in [0.2, 0.25) is 0 Å². The Kier molecular flexibility index (Phi) is 9.10. The smallest absolute Gasteiger partial charge is 0.318 e. The molecule has 0 unspecified atom stereocenters.